The van der Waals surface area contributed by atoms with Crippen molar-refractivity contribution in [3.8, 4) is 5.75 Å². The molecule has 1 atom stereocenters. The van der Waals surface area contributed by atoms with Gasteiger partial charge in [0.2, 0.25) is 11.8 Å². The molecule has 0 saturated carbocycles. The molecule has 1 saturated heterocycles. The van der Waals surface area contributed by atoms with Gasteiger partial charge in [-0.15, -0.1) is 0 Å². The fourth-order valence-corrected chi connectivity index (χ4v) is 1.91. The third-order valence-corrected chi connectivity index (χ3v) is 2.71. The molecule has 1 aromatic carbocycles. The van der Waals surface area contributed by atoms with Crippen molar-refractivity contribution in [2.45, 2.75) is 13.3 Å². The van der Waals surface area contributed by atoms with Crippen LogP contribution in [0.2, 0.25) is 0 Å². The van der Waals surface area contributed by atoms with E-state index in [-0.39, 0.29) is 29.9 Å². The molecule has 2 rings (SSSR count). The number of nitrogens with zero attached hydrogens (tertiary/aromatic N) is 1. The summed E-state index contributed by atoms with van der Waals surface area (Å²) in [6, 6.07) is 6.03. The molecule has 1 N–H and O–H groups in total. The second-order valence-electron chi connectivity index (χ2n) is 3.92. The predicted octanol–water partition coefficient (Wildman–Crippen LogP) is 1.85. The highest BCUT2D eigenvalue weighted by atomic mass is 16.3. The van der Waals surface area contributed by atoms with Crippen LogP contribution < -0.4 is 4.90 Å². The molecule has 4 heteroatoms. The number of carbonyl (C=O) groups is 2. The maximum Gasteiger partial charge on any atom is 0.241 e. The maximum atomic E-state index is 12.0. The fourth-order valence-electron chi connectivity index (χ4n) is 1.91. The molecule has 1 aliphatic heterocycles. The van der Waals surface area contributed by atoms with Gasteiger partial charge in [-0.1, -0.05) is 12.2 Å². The van der Waals surface area contributed by atoms with Crippen molar-refractivity contribution in [1.29, 1.82) is 0 Å². The third-order valence-electron chi connectivity index (χ3n) is 2.71. The number of hydrogen-bond acceptors (Lipinski definition) is 3. The van der Waals surface area contributed by atoms with Crippen LogP contribution in [0.5, 0.6) is 5.75 Å². The van der Waals surface area contributed by atoms with Crippen LogP contribution in [0, 0.1) is 5.92 Å². The van der Waals surface area contributed by atoms with Crippen molar-refractivity contribution in [3.63, 3.8) is 0 Å². The van der Waals surface area contributed by atoms with Crippen molar-refractivity contribution in [1.82, 2.24) is 0 Å². The first-order chi connectivity index (χ1) is 8.13. The van der Waals surface area contributed by atoms with E-state index in [0.717, 1.165) is 0 Å². The first-order valence-corrected chi connectivity index (χ1v) is 5.42. The lowest BCUT2D eigenvalue weighted by Crippen LogP contribution is -2.29. The van der Waals surface area contributed by atoms with Crippen molar-refractivity contribution < 1.29 is 14.7 Å². The van der Waals surface area contributed by atoms with Crippen LogP contribution in [-0.2, 0) is 9.59 Å². The van der Waals surface area contributed by atoms with Crippen molar-refractivity contribution >= 4 is 17.5 Å². The average molecular weight is 231 g/mol. The summed E-state index contributed by atoms with van der Waals surface area (Å²) in [5.74, 6) is -0.665. The topological polar surface area (TPSA) is 57.6 Å². The Morgan fingerprint density at radius 3 is 2.53 bits per heavy atom. The molecular weight excluding hydrogens is 218 g/mol. The van der Waals surface area contributed by atoms with Crippen LogP contribution in [0.4, 0.5) is 5.69 Å². The number of phenols is 1. The zero-order valence-corrected chi connectivity index (χ0v) is 9.46. The van der Waals surface area contributed by atoms with E-state index in [1.54, 1.807) is 24.3 Å². The average Bonchev–Trinajstić information content (AvgIpc) is 2.57. The SMILES string of the molecule is C/C=C/C1CC(=O)N(c2ccc(O)cc2)C1=O. The van der Waals surface area contributed by atoms with Crippen LogP contribution in [0.25, 0.3) is 0 Å². The Kier molecular flexibility index (Phi) is 2.95. The molecule has 1 aliphatic rings. The van der Waals surface area contributed by atoms with Crippen molar-refractivity contribution in [3.05, 3.63) is 36.4 Å². The van der Waals surface area contributed by atoms with Gasteiger partial charge in [0, 0.05) is 6.42 Å². The van der Waals surface area contributed by atoms with Crippen LogP contribution in [0.15, 0.2) is 36.4 Å². The number of allylic oxidation sites excluding steroid dienone is 1. The minimum Gasteiger partial charge on any atom is -0.508 e. The Morgan fingerprint density at radius 1 is 1.29 bits per heavy atom. The van der Waals surface area contributed by atoms with Gasteiger partial charge in [0.25, 0.3) is 0 Å². The summed E-state index contributed by atoms with van der Waals surface area (Å²) in [5, 5.41) is 9.17. The summed E-state index contributed by atoms with van der Waals surface area (Å²) in [5.41, 5.74) is 0.504. The lowest BCUT2D eigenvalue weighted by Gasteiger charge is -2.14. The normalized spacial score (nSPS) is 20.5. The summed E-state index contributed by atoms with van der Waals surface area (Å²) in [7, 11) is 0. The van der Waals surface area contributed by atoms with Crippen LogP contribution in [0.3, 0.4) is 0 Å². The molecule has 1 unspecified atom stereocenters. The van der Waals surface area contributed by atoms with Gasteiger partial charge in [-0.2, -0.15) is 0 Å². The van der Waals surface area contributed by atoms with E-state index in [1.165, 1.54) is 17.0 Å². The number of rotatable bonds is 2. The van der Waals surface area contributed by atoms with Gasteiger partial charge in [0.05, 0.1) is 11.6 Å². The van der Waals surface area contributed by atoms with Gasteiger partial charge in [0.1, 0.15) is 5.75 Å². The zero-order valence-electron chi connectivity index (χ0n) is 9.46. The highest BCUT2D eigenvalue weighted by Crippen LogP contribution is 2.28. The number of amides is 2. The maximum absolute atomic E-state index is 12.0. The quantitative estimate of drug-likeness (QED) is 0.624. The molecule has 0 radical (unpaired) electrons. The number of benzene rings is 1. The number of imide groups is 1. The van der Waals surface area contributed by atoms with Gasteiger partial charge in [-0.3, -0.25) is 14.5 Å². The molecule has 17 heavy (non-hydrogen) atoms. The number of hydrogen-bond donors (Lipinski definition) is 1. The Hall–Kier alpha value is -2.10. The molecule has 1 heterocycles. The second-order valence-corrected chi connectivity index (χ2v) is 3.92. The minimum absolute atomic E-state index is 0.109. The predicted molar refractivity (Wildman–Crippen MR) is 63.5 cm³/mol. The van der Waals surface area contributed by atoms with Gasteiger partial charge >= 0.3 is 0 Å². The minimum atomic E-state index is -0.360. The smallest absolute Gasteiger partial charge is 0.241 e. The summed E-state index contributed by atoms with van der Waals surface area (Å²) in [6.07, 6.45) is 3.72. The Labute approximate surface area is 99.2 Å². The van der Waals surface area contributed by atoms with Crippen molar-refractivity contribution in [2.24, 2.45) is 5.92 Å². The molecule has 0 aliphatic carbocycles. The largest absolute Gasteiger partial charge is 0.508 e. The van der Waals surface area contributed by atoms with E-state index in [9.17, 15) is 9.59 Å². The van der Waals surface area contributed by atoms with Crippen molar-refractivity contribution in [2.75, 3.05) is 4.90 Å². The van der Waals surface area contributed by atoms with E-state index in [2.05, 4.69) is 0 Å². The lowest BCUT2D eigenvalue weighted by molar-refractivity contribution is -0.121. The third kappa shape index (κ3) is 2.06. The van der Waals surface area contributed by atoms with Gasteiger partial charge < -0.3 is 5.11 Å². The van der Waals surface area contributed by atoms with Crippen LogP contribution in [-0.4, -0.2) is 16.9 Å². The Balaban J connectivity index is 2.30. The summed E-state index contributed by atoms with van der Waals surface area (Å²) >= 11 is 0. The molecule has 4 nitrogen and oxygen atoms in total. The first kappa shape index (κ1) is 11.4. The van der Waals surface area contributed by atoms with Gasteiger partial charge in [-0.25, -0.2) is 0 Å². The molecule has 0 aromatic heterocycles. The summed E-state index contributed by atoms with van der Waals surface area (Å²) < 4.78 is 0. The summed E-state index contributed by atoms with van der Waals surface area (Å²) in [6.45, 7) is 1.82. The van der Waals surface area contributed by atoms with E-state index < -0.39 is 0 Å². The first-order valence-electron chi connectivity index (χ1n) is 5.42. The highest BCUT2D eigenvalue weighted by molar-refractivity contribution is 6.21. The monoisotopic (exact) mass is 231 g/mol. The van der Waals surface area contributed by atoms with Gasteiger partial charge in [-0.05, 0) is 31.2 Å². The van der Waals surface area contributed by atoms with E-state index in [1.807, 2.05) is 6.92 Å². The molecule has 2 amide bonds. The number of anilines is 1. The highest BCUT2D eigenvalue weighted by Gasteiger charge is 2.37. The molecule has 0 bridgehead atoms. The second kappa shape index (κ2) is 4.41. The number of aromatic hydroxyl groups is 1. The number of carbonyl (C=O) groups excluding carboxylic acids is 2. The van der Waals surface area contributed by atoms with Crippen LogP contribution in [0.1, 0.15) is 13.3 Å². The van der Waals surface area contributed by atoms with E-state index in [4.69, 9.17) is 5.11 Å². The van der Waals surface area contributed by atoms with E-state index >= 15 is 0 Å². The fraction of sp³-hybridized carbons (Fsp3) is 0.231. The summed E-state index contributed by atoms with van der Waals surface area (Å²) in [4.78, 5) is 24.9. The lowest BCUT2D eigenvalue weighted by atomic mass is 10.1. The van der Waals surface area contributed by atoms with E-state index in [0.29, 0.717) is 5.69 Å². The van der Waals surface area contributed by atoms with Crippen LogP contribution >= 0.6 is 0 Å². The molecule has 1 aromatic rings. The molecule has 88 valence electrons. The van der Waals surface area contributed by atoms with Gasteiger partial charge in [0.15, 0.2) is 0 Å². The molecule has 1 fully saturated rings. The molecule has 0 spiro atoms. The Morgan fingerprint density at radius 2 is 1.94 bits per heavy atom. The Bertz CT molecular complexity index is 476. The standard InChI is InChI=1S/C13H13NO3/c1-2-3-9-8-12(16)14(13(9)17)10-4-6-11(15)7-5-10/h2-7,9,15H,8H2,1H3/b3-2+. The molecular formula is C13H13NO3. The zero-order chi connectivity index (χ0) is 12.4. The number of phenolic OH excluding ortho intramolecular Hbond substituents is 1.